The van der Waals surface area contributed by atoms with Crippen LogP contribution in [0.2, 0.25) is 0 Å². The molecule has 0 aliphatic rings. The topological polar surface area (TPSA) is 0 Å². The minimum Gasteiger partial charge on any atom is -0.115 e. The largest absolute Gasteiger partial charge is 0.115 e. The second kappa shape index (κ2) is 4.02. The third kappa shape index (κ3) is 1.78. The molecule has 0 fully saturated rings. The molecule has 0 saturated heterocycles. The fourth-order valence-corrected chi connectivity index (χ4v) is 1.63. The van der Waals surface area contributed by atoms with E-state index in [-0.39, 0.29) is 0 Å². The maximum Gasteiger partial charge on any atom is 0.0321 e. The number of rotatable bonds is 1. The van der Waals surface area contributed by atoms with Gasteiger partial charge in [-0.2, -0.15) is 0 Å². The van der Waals surface area contributed by atoms with Crippen LogP contribution in [-0.2, 0) is 0 Å². The molecular weight excluding hydrogens is 180 g/mol. The number of terminal acetylenes is 1. The van der Waals surface area contributed by atoms with E-state index < -0.39 is 0 Å². The van der Waals surface area contributed by atoms with Crippen molar-refractivity contribution in [2.24, 2.45) is 0 Å². The van der Waals surface area contributed by atoms with Crippen LogP contribution >= 0.6 is 0 Å². The zero-order chi connectivity index (χ0) is 10.7. The lowest BCUT2D eigenvalue weighted by Crippen LogP contribution is -1.86. The van der Waals surface area contributed by atoms with E-state index >= 15 is 0 Å². The van der Waals surface area contributed by atoms with Crippen molar-refractivity contribution in [2.75, 3.05) is 0 Å². The Morgan fingerprint density at radius 1 is 0.867 bits per heavy atom. The van der Waals surface area contributed by atoms with Gasteiger partial charge in [-0.3, -0.25) is 0 Å². The van der Waals surface area contributed by atoms with E-state index in [0.29, 0.717) is 0 Å². The standard InChI is InChI=1S/C15H11/c1-3-13-9-5-7-11-15(13)14-10-6-4-8-12(14)2/h1,4-11H,2H2. The predicted molar refractivity (Wildman–Crippen MR) is 64.3 cm³/mol. The molecule has 0 aliphatic heterocycles. The summed E-state index contributed by atoms with van der Waals surface area (Å²) < 4.78 is 0. The molecule has 0 aromatic heterocycles. The molecule has 0 saturated carbocycles. The van der Waals surface area contributed by atoms with Crippen LogP contribution in [0.15, 0.2) is 48.5 Å². The van der Waals surface area contributed by atoms with E-state index in [1.54, 1.807) is 0 Å². The van der Waals surface area contributed by atoms with Gasteiger partial charge >= 0.3 is 0 Å². The summed E-state index contributed by atoms with van der Waals surface area (Å²) in [5.74, 6) is 2.69. The van der Waals surface area contributed by atoms with E-state index in [4.69, 9.17) is 6.42 Å². The zero-order valence-corrected chi connectivity index (χ0v) is 8.40. The summed E-state index contributed by atoms with van der Waals surface area (Å²) in [6.45, 7) is 4.00. The van der Waals surface area contributed by atoms with Crippen LogP contribution in [0.5, 0.6) is 0 Å². The van der Waals surface area contributed by atoms with Crippen molar-refractivity contribution in [1.29, 1.82) is 0 Å². The van der Waals surface area contributed by atoms with Crippen LogP contribution in [0.3, 0.4) is 0 Å². The number of hydrogen-bond donors (Lipinski definition) is 0. The SMILES string of the molecule is C#Cc1ccccc1-c1ccccc1[CH2]. The van der Waals surface area contributed by atoms with Gasteiger partial charge in [0, 0.05) is 5.56 Å². The van der Waals surface area contributed by atoms with Gasteiger partial charge in [0.25, 0.3) is 0 Å². The van der Waals surface area contributed by atoms with Crippen LogP contribution in [0.4, 0.5) is 0 Å². The van der Waals surface area contributed by atoms with E-state index in [1.165, 1.54) is 0 Å². The average molecular weight is 191 g/mol. The quantitative estimate of drug-likeness (QED) is 0.605. The van der Waals surface area contributed by atoms with E-state index in [2.05, 4.69) is 12.8 Å². The van der Waals surface area contributed by atoms with Gasteiger partial charge < -0.3 is 0 Å². The minimum absolute atomic E-state index is 0.911. The lowest BCUT2D eigenvalue weighted by molar-refractivity contribution is 1.54. The van der Waals surface area contributed by atoms with Gasteiger partial charge in [-0.05, 0) is 29.7 Å². The fourth-order valence-electron chi connectivity index (χ4n) is 1.63. The molecule has 1 radical (unpaired) electrons. The summed E-state index contributed by atoms with van der Waals surface area (Å²) in [5, 5.41) is 0. The third-order valence-electron chi connectivity index (χ3n) is 2.39. The summed E-state index contributed by atoms with van der Waals surface area (Å²) >= 11 is 0. The maximum atomic E-state index is 5.47. The van der Waals surface area contributed by atoms with E-state index in [0.717, 1.165) is 22.3 Å². The molecule has 0 bridgehead atoms. The smallest absolute Gasteiger partial charge is 0.0321 e. The molecule has 0 heteroatoms. The second-order valence-corrected chi connectivity index (χ2v) is 3.35. The summed E-state index contributed by atoms with van der Waals surface area (Å²) in [4.78, 5) is 0. The van der Waals surface area contributed by atoms with Crippen molar-refractivity contribution < 1.29 is 0 Å². The molecule has 0 heterocycles. The molecule has 71 valence electrons. The molecule has 0 unspecified atom stereocenters. The van der Waals surface area contributed by atoms with E-state index in [1.807, 2.05) is 48.5 Å². The van der Waals surface area contributed by atoms with Crippen LogP contribution in [0.1, 0.15) is 11.1 Å². The molecule has 2 rings (SSSR count). The lowest BCUT2D eigenvalue weighted by atomic mass is 9.96. The molecule has 0 spiro atoms. The summed E-state index contributed by atoms with van der Waals surface area (Å²) in [5.41, 5.74) is 4.09. The summed E-state index contributed by atoms with van der Waals surface area (Å²) in [7, 11) is 0. The summed E-state index contributed by atoms with van der Waals surface area (Å²) in [6.07, 6.45) is 5.47. The van der Waals surface area contributed by atoms with Gasteiger partial charge in [0.15, 0.2) is 0 Å². The number of hydrogen-bond acceptors (Lipinski definition) is 0. The molecule has 0 N–H and O–H groups in total. The van der Waals surface area contributed by atoms with Gasteiger partial charge in [0.1, 0.15) is 0 Å². The second-order valence-electron chi connectivity index (χ2n) is 3.35. The zero-order valence-electron chi connectivity index (χ0n) is 8.40. The van der Waals surface area contributed by atoms with Crippen molar-refractivity contribution in [3.63, 3.8) is 0 Å². The van der Waals surface area contributed by atoms with E-state index in [9.17, 15) is 0 Å². The van der Waals surface area contributed by atoms with Crippen LogP contribution in [0.25, 0.3) is 11.1 Å². The van der Waals surface area contributed by atoms with Crippen molar-refractivity contribution in [3.8, 4) is 23.5 Å². The Bertz CT molecular complexity index is 516. The normalized spacial score (nSPS) is 9.60. The molecule has 0 nitrogen and oxygen atoms in total. The Morgan fingerprint density at radius 2 is 1.47 bits per heavy atom. The first-order valence-electron chi connectivity index (χ1n) is 4.80. The Hall–Kier alpha value is -2.00. The number of benzene rings is 2. The molecule has 0 atom stereocenters. The monoisotopic (exact) mass is 191 g/mol. The highest BCUT2D eigenvalue weighted by Gasteiger charge is 2.03. The van der Waals surface area contributed by atoms with Gasteiger partial charge in [-0.15, -0.1) is 6.42 Å². The van der Waals surface area contributed by atoms with Crippen LogP contribution < -0.4 is 0 Å². The maximum absolute atomic E-state index is 5.47. The highest BCUT2D eigenvalue weighted by molar-refractivity contribution is 5.74. The van der Waals surface area contributed by atoms with Gasteiger partial charge in [-0.1, -0.05) is 48.4 Å². The van der Waals surface area contributed by atoms with Gasteiger partial charge in [0.05, 0.1) is 0 Å². The van der Waals surface area contributed by atoms with Gasteiger partial charge in [-0.25, -0.2) is 0 Å². The highest BCUT2D eigenvalue weighted by atomic mass is 14.1. The predicted octanol–water partition coefficient (Wildman–Crippen LogP) is 3.52. The van der Waals surface area contributed by atoms with Gasteiger partial charge in [0.2, 0.25) is 0 Å². The van der Waals surface area contributed by atoms with Crippen molar-refractivity contribution in [1.82, 2.24) is 0 Å². The Kier molecular flexibility index (Phi) is 2.56. The van der Waals surface area contributed by atoms with Crippen LogP contribution in [0, 0.1) is 19.3 Å². The molecule has 2 aromatic rings. The van der Waals surface area contributed by atoms with Crippen molar-refractivity contribution in [2.45, 2.75) is 0 Å². The molecule has 2 aromatic carbocycles. The fraction of sp³-hybridized carbons (Fsp3) is 0. The molecule has 15 heavy (non-hydrogen) atoms. The molecule has 0 amide bonds. The molecule has 0 aliphatic carbocycles. The Morgan fingerprint density at radius 3 is 2.13 bits per heavy atom. The first kappa shape index (κ1) is 9.55. The Labute approximate surface area is 90.6 Å². The minimum atomic E-state index is 0.911. The summed E-state index contributed by atoms with van der Waals surface area (Å²) in [6, 6.07) is 15.9. The van der Waals surface area contributed by atoms with Crippen LogP contribution in [-0.4, -0.2) is 0 Å². The Balaban J connectivity index is 2.65. The first-order chi connectivity index (χ1) is 7.33. The lowest BCUT2D eigenvalue weighted by Gasteiger charge is -2.07. The highest BCUT2D eigenvalue weighted by Crippen LogP contribution is 2.25. The third-order valence-corrected chi connectivity index (χ3v) is 2.39. The first-order valence-corrected chi connectivity index (χ1v) is 4.80. The van der Waals surface area contributed by atoms with Crippen molar-refractivity contribution >= 4 is 0 Å². The molecular formula is C15H11. The average Bonchev–Trinajstić information content (AvgIpc) is 2.30. The van der Waals surface area contributed by atoms with Crippen molar-refractivity contribution in [3.05, 3.63) is 66.6 Å².